The molecular formula is C38H37ClN8O6S3. The third kappa shape index (κ3) is 7.74. The fourth-order valence-corrected chi connectivity index (χ4v) is 10.3. The largest absolute Gasteiger partial charge is 0.355 e. The lowest BCUT2D eigenvalue weighted by atomic mass is 9.88. The first kappa shape index (κ1) is 39.3. The number of aromatic nitrogens is 4. The van der Waals surface area contributed by atoms with E-state index in [1.165, 1.54) is 34.6 Å². The Morgan fingerprint density at radius 3 is 2.52 bits per heavy atom. The molecule has 2 aliphatic rings. The van der Waals surface area contributed by atoms with Gasteiger partial charge >= 0.3 is 0 Å². The van der Waals surface area contributed by atoms with Crippen molar-refractivity contribution in [3.05, 3.63) is 79.9 Å². The van der Waals surface area contributed by atoms with E-state index in [2.05, 4.69) is 37.8 Å². The van der Waals surface area contributed by atoms with Gasteiger partial charge < -0.3 is 9.80 Å². The van der Waals surface area contributed by atoms with Gasteiger partial charge in [-0.25, -0.2) is 31.5 Å². The topological polar surface area (TPSA) is 188 Å². The molecule has 5 heterocycles. The summed E-state index contributed by atoms with van der Waals surface area (Å²) in [4.78, 5) is 44.7. The molecule has 1 aliphatic carbocycles. The molecule has 14 nitrogen and oxygen atoms in total. The molecule has 1 N–H and O–H groups in total. The van der Waals surface area contributed by atoms with Gasteiger partial charge in [0, 0.05) is 71.8 Å². The first-order valence-electron chi connectivity index (χ1n) is 17.7. The molecule has 2 fully saturated rings. The number of nitrogens with one attached hydrogen (secondary N) is 1. The van der Waals surface area contributed by atoms with Gasteiger partial charge in [0.2, 0.25) is 10.0 Å². The molecule has 1 aliphatic heterocycles. The lowest BCUT2D eigenvalue weighted by Gasteiger charge is -2.46. The molecule has 0 radical (unpaired) electrons. The van der Waals surface area contributed by atoms with Gasteiger partial charge in [0.25, 0.3) is 11.5 Å². The number of pyridine rings is 2. The standard InChI is InChI=1S/C38H37ClN8O6S3/c1-22-43-32-20-42-36(45(2)25-10-14-46(15-11-25)26-17-27(18-26)55(3,50)51)30(19-40)33(32)38(49)47(22)13-5-6-23-7-8-24(39)16-29(23)28-9-12-41-34-31(21-54-35(28)34)37(48)44-56(4,52)53/h7-9,12,16,20-21,25-27H,10-11,13-15,17-18H2,1-4H3,(H,44,48). The van der Waals surface area contributed by atoms with E-state index in [9.17, 15) is 31.7 Å². The molecule has 0 atom stereocenters. The van der Waals surface area contributed by atoms with Gasteiger partial charge in [0.1, 0.15) is 33.1 Å². The molecule has 56 heavy (non-hydrogen) atoms. The van der Waals surface area contributed by atoms with Crippen LogP contribution in [0.4, 0.5) is 5.82 Å². The lowest BCUT2D eigenvalue weighted by Crippen LogP contribution is -2.54. The van der Waals surface area contributed by atoms with E-state index in [0.717, 1.165) is 32.2 Å². The van der Waals surface area contributed by atoms with Crippen LogP contribution in [-0.2, 0) is 26.4 Å². The summed E-state index contributed by atoms with van der Waals surface area (Å²) in [5, 5.41) is 12.3. The monoisotopic (exact) mass is 832 g/mol. The fraction of sp³-hybridized carbons (Fsp3) is 0.368. The number of carbonyl (C=O) groups excluding carboxylic acids is 1. The predicted molar refractivity (Wildman–Crippen MR) is 217 cm³/mol. The third-order valence-corrected chi connectivity index (χ3v) is 14.0. The Balaban J connectivity index is 1.15. The smallest absolute Gasteiger partial charge is 0.267 e. The van der Waals surface area contributed by atoms with E-state index >= 15 is 0 Å². The van der Waals surface area contributed by atoms with Crippen LogP contribution in [0.5, 0.6) is 0 Å². The molecule has 7 rings (SSSR count). The number of nitriles is 1. The predicted octanol–water partition coefficient (Wildman–Crippen LogP) is 4.12. The van der Waals surface area contributed by atoms with Crippen molar-refractivity contribution in [3.8, 4) is 29.0 Å². The lowest BCUT2D eigenvalue weighted by molar-refractivity contribution is 0.0983. The minimum Gasteiger partial charge on any atom is -0.355 e. The van der Waals surface area contributed by atoms with Crippen LogP contribution < -0.4 is 15.2 Å². The van der Waals surface area contributed by atoms with Gasteiger partial charge in [0.15, 0.2) is 0 Å². The van der Waals surface area contributed by atoms with Crippen LogP contribution in [-0.4, -0.2) is 97.1 Å². The van der Waals surface area contributed by atoms with Gasteiger partial charge in [0.05, 0.1) is 50.9 Å². The Kier molecular flexibility index (Phi) is 10.7. The summed E-state index contributed by atoms with van der Waals surface area (Å²) >= 11 is 7.66. The van der Waals surface area contributed by atoms with Crippen molar-refractivity contribution in [2.24, 2.45) is 0 Å². The van der Waals surface area contributed by atoms with E-state index in [0.29, 0.717) is 61.9 Å². The zero-order valence-corrected chi connectivity index (χ0v) is 34.1. The molecular weight excluding hydrogens is 796 g/mol. The van der Waals surface area contributed by atoms with E-state index in [-0.39, 0.29) is 40.4 Å². The molecule has 18 heteroatoms. The highest BCUT2D eigenvalue weighted by atomic mass is 35.5. The summed E-state index contributed by atoms with van der Waals surface area (Å²) in [5.41, 5.74) is 2.40. The summed E-state index contributed by atoms with van der Waals surface area (Å²) in [6, 6.07) is 9.50. The maximum Gasteiger partial charge on any atom is 0.267 e. The number of thiophene rings is 1. The SMILES string of the molecule is Cc1nc2cnc(N(C)C3CCN(C4CC(S(C)(=O)=O)C4)CC3)c(C#N)c2c(=O)n1CC#Cc1ccc(Cl)cc1-c1ccnc2c(C(=O)NS(C)(=O)=O)csc12. The van der Waals surface area contributed by atoms with Crippen LogP contribution in [0.25, 0.3) is 32.2 Å². The summed E-state index contributed by atoms with van der Waals surface area (Å²) in [6.45, 7) is 3.26. The molecule has 4 aromatic heterocycles. The number of piperidine rings is 1. The second-order valence-electron chi connectivity index (χ2n) is 14.2. The molecule has 0 unspecified atom stereocenters. The number of fused-ring (bicyclic) bond motifs is 2. The minimum atomic E-state index is -3.79. The normalized spacial score (nSPS) is 17.9. The van der Waals surface area contributed by atoms with E-state index in [1.807, 2.05) is 16.7 Å². The number of likely N-dealkylation sites (tertiary alicyclic amines) is 1. The van der Waals surface area contributed by atoms with Crippen LogP contribution in [0.15, 0.2) is 46.8 Å². The first-order chi connectivity index (χ1) is 26.5. The highest BCUT2D eigenvalue weighted by Gasteiger charge is 2.40. The van der Waals surface area contributed by atoms with Crippen molar-refractivity contribution in [1.29, 1.82) is 5.26 Å². The number of aryl methyl sites for hydroxylation is 1. The van der Waals surface area contributed by atoms with Crippen LogP contribution in [0.3, 0.4) is 0 Å². The van der Waals surface area contributed by atoms with Crippen LogP contribution >= 0.6 is 22.9 Å². The second kappa shape index (κ2) is 15.2. The van der Waals surface area contributed by atoms with Crippen molar-refractivity contribution in [1.82, 2.24) is 29.1 Å². The molecule has 1 saturated carbocycles. The van der Waals surface area contributed by atoms with Gasteiger partial charge in [-0.2, -0.15) is 5.26 Å². The maximum atomic E-state index is 14.1. The first-order valence-corrected chi connectivity index (χ1v) is 22.8. The molecule has 1 saturated heterocycles. The second-order valence-corrected chi connectivity index (χ2v) is 19.6. The number of rotatable bonds is 8. The maximum absolute atomic E-state index is 14.1. The summed E-state index contributed by atoms with van der Waals surface area (Å²) < 4.78 is 51.3. The number of anilines is 1. The Morgan fingerprint density at radius 2 is 1.84 bits per heavy atom. The van der Waals surface area contributed by atoms with E-state index < -0.39 is 31.3 Å². The van der Waals surface area contributed by atoms with Crippen LogP contribution in [0, 0.1) is 30.1 Å². The van der Waals surface area contributed by atoms with Crippen molar-refractivity contribution in [2.45, 2.75) is 56.5 Å². The Hall–Kier alpha value is -4.91. The molecule has 5 aromatic rings. The van der Waals surface area contributed by atoms with E-state index in [4.69, 9.17) is 11.6 Å². The summed E-state index contributed by atoms with van der Waals surface area (Å²) in [6.07, 6.45) is 8.18. The van der Waals surface area contributed by atoms with Crippen LogP contribution in [0.2, 0.25) is 5.02 Å². The average molecular weight is 833 g/mol. The van der Waals surface area contributed by atoms with Gasteiger partial charge in [-0.3, -0.25) is 19.1 Å². The fourth-order valence-electron chi connectivity index (χ4n) is 7.46. The van der Waals surface area contributed by atoms with Gasteiger partial charge in [-0.15, -0.1) is 11.3 Å². The zero-order valence-electron chi connectivity index (χ0n) is 30.9. The summed E-state index contributed by atoms with van der Waals surface area (Å²) in [7, 11) is -4.93. The number of carbonyl (C=O) groups is 1. The Labute approximate surface area is 333 Å². The molecule has 1 aromatic carbocycles. The van der Waals surface area contributed by atoms with Crippen molar-refractivity contribution < 1.29 is 21.6 Å². The number of hydrogen-bond acceptors (Lipinski definition) is 13. The van der Waals surface area contributed by atoms with Crippen LogP contribution in [0.1, 0.15) is 53.0 Å². The highest BCUT2D eigenvalue weighted by molar-refractivity contribution is 7.91. The third-order valence-electron chi connectivity index (χ3n) is 10.6. The van der Waals surface area contributed by atoms with Crippen molar-refractivity contribution >= 4 is 75.6 Å². The van der Waals surface area contributed by atoms with Crippen molar-refractivity contribution in [3.63, 3.8) is 0 Å². The van der Waals surface area contributed by atoms with Gasteiger partial charge in [-0.05, 0) is 56.9 Å². The zero-order chi connectivity index (χ0) is 40.1. The number of sulfonamides is 1. The highest BCUT2D eigenvalue weighted by Crippen LogP contribution is 2.37. The number of sulfone groups is 1. The minimum absolute atomic E-state index is 0.0333. The Bertz CT molecular complexity index is 2810. The number of halogens is 1. The average Bonchev–Trinajstić information content (AvgIpc) is 3.56. The molecule has 0 spiro atoms. The van der Waals surface area contributed by atoms with Crippen molar-refractivity contribution in [2.75, 3.05) is 37.5 Å². The molecule has 1 amide bonds. The summed E-state index contributed by atoms with van der Waals surface area (Å²) in [5.74, 6) is 6.26. The number of amides is 1. The van der Waals surface area contributed by atoms with E-state index in [1.54, 1.807) is 36.6 Å². The number of hydrogen-bond donors (Lipinski definition) is 1. The number of benzene rings is 1. The quantitative estimate of drug-likeness (QED) is 0.221. The Morgan fingerprint density at radius 1 is 1.11 bits per heavy atom. The number of nitrogens with zero attached hydrogens (tertiary/aromatic N) is 7. The molecule has 290 valence electrons. The van der Waals surface area contributed by atoms with Gasteiger partial charge in [-0.1, -0.05) is 23.4 Å². The molecule has 0 bridgehead atoms.